The van der Waals surface area contributed by atoms with Crippen molar-refractivity contribution in [1.82, 2.24) is 10.2 Å². The van der Waals surface area contributed by atoms with Crippen molar-refractivity contribution in [3.63, 3.8) is 0 Å². The molecule has 0 unspecified atom stereocenters. The fraction of sp³-hybridized carbons (Fsp3) is 0.231. The average molecular weight is 535 g/mol. The predicted molar refractivity (Wildman–Crippen MR) is 142 cm³/mol. The Labute approximate surface area is 221 Å². The smallest absolute Gasteiger partial charge is 0.255 e. The maximum Gasteiger partial charge on any atom is 0.255 e. The molecule has 4 rings (SSSR count). The summed E-state index contributed by atoms with van der Waals surface area (Å²) < 4.78 is 5.90. The van der Waals surface area contributed by atoms with Gasteiger partial charge in [-0.1, -0.05) is 35.3 Å². The van der Waals surface area contributed by atoms with E-state index in [4.69, 9.17) is 27.9 Å². The molecule has 1 saturated heterocycles. The van der Waals surface area contributed by atoms with E-state index >= 15 is 0 Å². The van der Waals surface area contributed by atoms with Gasteiger partial charge in [0.05, 0.1) is 10.0 Å². The minimum absolute atomic E-state index is 0. The first-order valence-corrected chi connectivity index (χ1v) is 11.9. The molecule has 184 valence electrons. The number of hydrogen-bond donors (Lipinski definition) is 2. The number of anilines is 1. The van der Waals surface area contributed by atoms with E-state index in [1.54, 1.807) is 36.4 Å². The highest BCUT2D eigenvalue weighted by Gasteiger charge is 2.15. The molecule has 35 heavy (non-hydrogen) atoms. The lowest BCUT2D eigenvalue weighted by Gasteiger charge is -2.27. The summed E-state index contributed by atoms with van der Waals surface area (Å²) in [5, 5.41) is 6.80. The Balaban J connectivity index is 0.00000342. The van der Waals surface area contributed by atoms with Gasteiger partial charge in [0, 0.05) is 43.9 Å². The lowest BCUT2D eigenvalue weighted by atomic mass is 10.1. The van der Waals surface area contributed by atoms with E-state index in [0.29, 0.717) is 45.6 Å². The fourth-order valence-electron chi connectivity index (χ4n) is 3.63. The Morgan fingerprint density at radius 2 is 1.51 bits per heavy atom. The monoisotopic (exact) mass is 533 g/mol. The molecular weight excluding hydrogens is 509 g/mol. The summed E-state index contributed by atoms with van der Waals surface area (Å²) in [5.74, 6) is 1.27. The molecule has 0 radical (unpaired) electrons. The fourth-order valence-corrected chi connectivity index (χ4v) is 3.93. The summed E-state index contributed by atoms with van der Waals surface area (Å²) in [4.78, 5) is 26.6. The number of carbonyl (C=O) groups is 2. The third-order valence-corrected chi connectivity index (χ3v) is 6.29. The minimum Gasteiger partial charge on any atom is -0.457 e. The maximum atomic E-state index is 12.4. The van der Waals surface area contributed by atoms with Crippen LogP contribution in [0.1, 0.15) is 22.3 Å². The molecule has 2 amide bonds. The molecule has 0 atom stereocenters. The summed E-state index contributed by atoms with van der Waals surface area (Å²) in [6.45, 7) is 3.29. The molecule has 2 N–H and O–H groups in total. The van der Waals surface area contributed by atoms with Crippen LogP contribution in [0.2, 0.25) is 10.0 Å². The van der Waals surface area contributed by atoms with Gasteiger partial charge in [-0.2, -0.15) is 0 Å². The van der Waals surface area contributed by atoms with Gasteiger partial charge in [-0.3, -0.25) is 9.59 Å². The van der Waals surface area contributed by atoms with Gasteiger partial charge in [-0.15, -0.1) is 12.4 Å². The number of aryl methyl sites for hydroxylation is 1. The van der Waals surface area contributed by atoms with Crippen molar-refractivity contribution >= 4 is 53.1 Å². The van der Waals surface area contributed by atoms with E-state index in [1.807, 2.05) is 29.2 Å². The van der Waals surface area contributed by atoms with Crippen LogP contribution < -0.4 is 15.4 Å². The van der Waals surface area contributed by atoms with Crippen LogP contribution in [0.3, 0.4) is 0 Å². The molecule has 0 saturated carbocycles. The number of halogens is 3. The summed E-state index contributed by atoms with van der Waals surface area (Å²) in [7, 11) is 0. The first-order valence-electron chi connectivity index (χ1n) is 11.1. The molecule has 3 aromatic rings. The second-order valence-electron chi connectivity index (χ2n) is 7.98. The highest BCUT2D eigenvalue weighted by Crippen LogP contribution is 2.25. The number of piperazine rings is 1. The van der Waals surface area contributed by atoms with Gasteiger partial charge in [-0.25, -0.2) is 0 Å². The number of rotatable bonds is 7. The van der Waals surface area contributed by atoms with E-state index in [2.05, 4.69) is 10.6 Å². The lowest BCUT2D eigenvalue weighted by Crippen LogP contribution is -2.46. The molecule has 1 aliphatic heterocycles. The standard InChI is InChI=1S/C26H25Cl2N3O3.ClH/c27-23-11-4-19(17-24(23)28)26(33)30-20-5-9-22(10-6-20)34-21-7-1-18(2-8-21)3-12-25(32)31-15-13-29-14-16-31;/h1-2,4-11,17,29H,3,12-16H2,(H,30,33);1H. The molecule has 0 aromatic heterocycles. The van der Waals surface area contributed by atoms with Crippen LogP contribution in [-0.2, 0) is 11.2 Å². The van der Waals surface area contributed by atoms with Crippen LogP contribution in [0.5, 0.6) is 11.5 Å². The van der Waals surface area contributed by atoms with E-state index in [-0.39, 0.29) is 24.2 Å². The largest absolute Gasteiger partial charge is 0.457 e. The zero-order valence-electron chi connectivity index (χ0n) is 18.9. The normalized spacial score (nSPS) is 13.0. The topological polar surface area (TPSA) is 70.7 Å². The number of amides is 2. The second-order valence-corrected chi connectivity index (χ2v) is 8.80. The Morgan fingerprint density at radius 3 is 2.14 bits per heavy atom. The molecule has 1 aliphatic rings. The number of nitrogens with zero attached hydrogens (tertiary/aromatic N) is 1. The average Bonchev–Trinajstić information content (AvgIpc) is 2.86. The van der Waals surface area contributed by atoms with Crippen LogP contribution in [0.25, 0.3) is 0 Å². The van der Waals surface area contributed by atoms with Crippen LogP contribution in [-0.4, -0.2) is 42.9 Å². The summed E-state index contributed by atoms with van der Waals surface area (Å²) in [6, 6.07) is 19.6. The second kappa shape index (κ2) is 12.8. The highest BCUT2D eigenvalue weighted by atomic mass is 35.5. The highest BCUT2D eigenvalue weighted by molar-refractivity contribution is 6.42. The Bertz CT molecular complexity index is 1150. The first kappa shape index (κ1) is 26.8. The number of benzene rings is 3. The Hall–Kier alpha value is -2.77. The molecule has 3 aromatic carbocycles. The Morgan fingerprint density at radius 1 is 0.886 bits per heavy atom. The first-order chi connectivity index (χ1) is 16.5. The van der Waals surface area contributed by atoms with Crippen LogP contribution in [0.4, 0.5) is 5.69 Å². The summed E-state index contributed by atoms with van der Waals surface area (Å²) in [5.41, 5.74) is 2.15. The molecule has 9 heteroatoms. The molecule has 1 fully saturated rings. The van der Waals surface area contributed by atoms with E-state index in [1.165, 1.54) is 6.07 Å². The minimum atomic E-state index is -0.279. The summed E-state index contributed by atoms with van der Waals surface area (Å²) >= 11 is 11.9. The molecule has 1 heterocycles. The number of nitrogens with one attached hydrogen (secondary N) is 2. The molecule has 0 aliphatic carbocycles. The van der Waals surface area contributed by atoms with Crippen molar-refractivity contribution in [3.8, 4) is 11.5 Å². The van der Waals surface area contributed by atoms with Crippen molar-refractivity contribution in [1.29, 1.82) is 0 Å². The quantitative estimate of drug-likeness (QED) is 0.400. The third-order valence-electron chi connectivity index (χ3n) is 5.55. The van der Waals surface area contributed by atoms with Crippen LogP contribution >= 0.6 is 35.6 Å². The van der Waals surface area contributed by atoms with Gasteiger partial charge < -0.3 is 20.3 Å². The number of hydrogen-bond acceptors (Lipinski definition) is 4. The zero-order valence-corrected chi connectivity index (χ0v) is 21.3. The molecule has 0 bridgehead atoms. The van der Waals surface area contributed by atoms with Gasteiger partial charge in [0.1, 0.15) is 11.5 Å². The van der Waals surface area contributed by atoms with Crippen molar-refractivity contribution in [3.05, 3.63) is 87.9 Å². The molecular formula is C26H26Cl3N3O3. The Kier molecular flexibility index (Phi) is 9.81. The van der Waals surface area contributed by atoms with Gasteiger partial charge in [0.15, 0.2) is 0 Å². The molecule has 0 spiro atoms. The van der Waals surface area contributed by atoms with Gasteiger partial charge in [0.25, 0.3) is 5.91 Å². The predicted octanol–water partition coefficient (Wildman–Crippen LogP) is 5.82. The van der Waals surface area contributed by atoms with E-state index in [9.17, 15) is 9.59 Å². The van der Waals surface area contributed by atoms with Crippen molar-refractivity contribution in [2.45, 2.75) is 12.8 Å². The third kappa shape index (κ3) is 7.61. The van der Waals surface area contributed by atoms with Crippen LogP contribution in [0, 0.1) is 0 Å². The SMILES string of the molecule is Cl.O=C(Nc1ccc(Oc2ccc(CCC(=O)N3CCNCC3)cc2)cc1)c1ccc(Cl)c(Cl)c1. The van der Waals surface area contributed by atoms with Gasteiger partial charge >= 0.3 is 0 Å². The number of carbonyl (C=O) groups excluding carboxylic acids is 2. The van der Waals surface area contributed by atoms with Crippen molar-refractivity contribution in [2.75, 3.05) is 31.5 Å². The van der Waals surface area contributed by atoms with Crippen molar-refractivity contribution < 1.29 is 14.3 Å². The molecule has 6 nitrogen and oxygen atoms in total. The van der Waals surface area contributed by atoms with Crippen molar-refractivity contribution in [2.24, 2.45) is 0 Å². The number of ether oxygens (including phenoxy) is 1. The lowest BCUT2D eigenvalue weighted by molar-refractivity contribution is -0.131. The van der Waals surface area contributed by atoms with Crippen LogP contribution in [0.15, 0.2) is 66.7 Å². The van der Waals surface area contributed by atoms with Gasteiger partial charge in [0.2, 0.25) is 5.91 Å². The van der Waals surface area contributed by atoms with Gasteiger partial charge in [-0.05, 0) is 66.6 Å². The summed E-state index contributed by atoms with van der Waals surface area (Å²) in [6.07, 6.45) is 1.21. The van der Waals surface area contributed by atoms with E-state index < -0.39 is 0 Å². The maximum absolute atomic E-state index is 12.4. The van der Waals surface area contributed by atoms with E-state index in [0.717, 1.165) is 31.7 Å². The zero-order chi connectivity index (χ0) is 23.9.